The van der Waals surface area contributed by atoms with Crippen LogP contribution in [0.15, 0.2) is 53.3 Å². The Balaban J connectivity index is 1.69. The molecule has 0 spiro atoms. The van der Waals surface area contributed by atoms with Gasteiger partial charge in [0.1, 0.15) is 0 Å². The predicted octanol–water partition coefficient (Wildman–Crippen LogP) is 3.43. The zero-order valence-electron chi connectivity index (χ0n) is 11.7. The van der Waals surface area contributed by atoms with E-state index in [4.69, 9.17) is 9.47 Å². The van der Waals surface area contributed by atoms with E-state index in [1.165, 1.54) is 0 Å². The molecule has 22 heavy (non-hydrogen) atoms. The third-order valence-corrected chi connectivity index (χ3v) is 3.61. The van der Waals surface area contributed by atoms with Crippen molar-refractivity contribution in [2.24, 2.45) is 0 Å². The monoisotopic (exact) mass is 291 g/mol. The van der Waals surface area contributed by atoms with Gasteiger partial charge in [0.25, 0.3) is 0 Å². The standard InChI is InChI=1S/C18H13NO3/c20-16-10-13(19-15-4-2-1-3-14(15)16)7-5-12-6-8-17-18(9-12)22-11-21-17/h1-10H,11H2,(H,19,20). The van der Waals surface area contributed by atoms with Gasteiger partial charge in [-0.1, -0.05) is 24.3 Å². The molecular formula is C18H13NO3. The summed E-state index contributed by atoms with van der Waals surface area (Å²) in [5, 5.41) is 0.697. The van der Waals surface area contributed by atoms with E-state index in [1.54, 1.807) is 6.07 Å². The Labute approximate surface area is 126 Å². The van der Waals surface area contributed by atoms with Gasteiger partial charge < -0.3 is 14.5 Å². The maximum Gasteiger partial charge on any atom is 0.231 e. The van der Waals surface area contributed by atoms with E-state index in [9.17, 15) is 4.79 Å². The zero-order valence-corrected chi connectivity index (χ0v) is 11.7. The molecule has 0 fully saturated rings. The van der Waals surface area contributed by atoms with Crippen molar-refractivity contribution in [2.75, 3.05) is 6.79 Å². The summed E-state index contributed by atoms with van der Waals surface area (Å²) < 4.78 is 10.6. The SMILES string of the molecule is O=c1cc(C=Cc2ccc3c(c2)OCO3)[nH]c2ccccc12. The van der Waals surface area contributed by atoms with Gasteiger partial charge in [0.2, 0.25) is 6.79 Å². The van der Waals surface area contributed by atoms with Crippen LogP contribution in [-0.4, -0.2) is 11.8 Å². The third-order valence-electron chi connectivity index (χ3n) is 3.61. The molecule has 3 aromatic rings. The van der Waals surface area contributed by atoms with Gasteiger partial charge in [-0.2, -0.15) is 0 Å². The molecule has 0 unspecified atom stereocenters. The molecule has 0 radical (unpaired) electrons. The van der Waals surface area contributed by atoms with Crippen LogP contribution in [0.3, 0.4) is 0 Å². The summed E-state index contributed by atoms with van der Waals surface area (Å²) >= 11 is 0. The van der Waals surface area contributed by atoms with Gasteiger partial charge in [-0.3, -0.25) is 4.79 Å². The number of hydrogen-bond acceptors (Lipinski definition) is 3. The number of aromatic amines is 1. The highest BCUT2D eigenvalue weighted by Gasteiger charge is 2.12. The van der Waals surface area contributed by atoms with Crippen LogP contribution < -0.4 is 14.9 Å². The fraction of sp³-hybridized carbons (Fsp3) is 0.0556. The highest BCUT2D eigenvalue weighted by Crippen LogP contribution is 2.32. The summed E-state index contributed by atoms with van der Waals surface area (Å²) in [6.45, 7) is 0.264. The molecule has 1 aliphatic heterocycles. The van der Waals surface area contributed by atoms with E-state index in [-0.39, 0.29) is 12.2 Å². The van der Waals surface area contributed by atoms with Crippen LogP contribution in [0.2, 0.25) is 0 Å². The zero-order chi connectivity index (χ0) is 14.9. The summed E-state index contributed by atoms with van der Waals surface area (Å²) in [4.78, 5) is 15.3. The number of para-hydroxylation sites is 1. The molecule has 1 aliphatic rings. The van der Waals surface area contributed by atoms with Gasteiger partial charge in [0.05, 0.1) is 0 Å². The van der Waals surface area contributed by atoms with Gasteiger partial charge in [0.15, 0.2) is 16.9 Å². The molecule has 0 bridgehead atoms. The van der Waals surface area contributed by atoms with E-state index >= 15 is 0 Å². The van der Waals surface area contributed by atoms with Crippen molar-refractivity contribution < 1.29 is 9.47 Å². The van der Waals surface area contributed by atoms with Crippen molar-refractivity contribution in [1.82, 2.24) is 4.98 Å². The largest absolute Gasteiger partial charge is 0.454 e. The fourth-order valence-corrected chi connectivity index (χ4v) is 2.51. The number of rotatable bonds is 2. The molecular weight excluding hydrogens is 278 g/mol. The first-order valence-corrected chi connectivity index (χ1v) is 6.99. The molecule has 1 N–H and O–H groups in total. The highest BCUT2D eigenvalue weighted by molar-refractivity contribution is 5.80. The van der Waals surface area contributed by atoms with Crippen molar-refractivity contribution in [3.05, 3.63) is 70.0 Å². The van der Waals surface area contributed by atoms with Gasteiger partial charge >= 0.3 is 0 Å². The Bertz CT molecular complexity index is 940. The molecule has 4 nitrogen and oxygen atoms in total. The van der Waals surface area contributed by atoms with Crippen molar-refractivity contribution in [3.8, 4) is 11.5 Å². The lowest BCUT2D eigenvalue weighted by atomic mass is 10.1. The van der Waals surface area contributed by atoms with E-state index in [2.05, 4.69) is 4.98 Å². The molecule has 0 saturated carbocycles. The molecule has 2 aromatic carbocycles. The number of fused-ring (bicyclic) bond motifs is 2. The number of pyridine rings is 1. The number of aromatic nitrogens is 1. The summed E-state index contributed by atoms with van der Waals surface area (Å²) in [6, 6.07) is 14.8. The van der Waals surface area contributed by atoms with Gasteiger partial charge in [-0.05, 0) is 35.9 Å². The van der Waals surface area contributed by atoms with E-state index < -0.39 is 0 Å². The summed E-state index contributed by atoms with van der Waals surface area (Å²) in [5.74, 6) is 1.51. The number of ether oxygens (including phenoxy) is 2. The van der Waals surface area contributed by atoms with Crippen molar-refractivity contribution in [1.29, 1.82) is 0 Å². The average Bonchev–Trinajstić information content (AvgIpc) is 3.00. The first kappa shape index (κ1) is 12.7. The minimum Gasteiger partial charge on any atom is -0.454 e. The van der Waals surface area contributed by atoms with Crippen molar-refractivity contribution in [2.45, 2.75) is 0 Å². The highest BCUT2D eigenvalue weighted by atomic mass is 16.7. The molecule has 1 aromatic heterocycles. The molecule has 0 atom stereocenters. The van der Waals surface area contributed by atoms with Gasteiger partial charge in [-0.25, -0.2) is 0 Å². The van der Waals surface area contributed by atoms with Crippen LogP contribution in [0.5, 0.6) is 11.5 Å². The second-order valence-corrected chi connectivity index (χ2v) is 5.08. The lowest BCUT2D eigenvalue weighted by Gasteiger charge is -2.01. The summed E-state index contributed by atoms with van der Waals surface area (Å²) in [5.41, 5.74) is 2.60. The second kappa shape index (κ2) is 5.07. The molecule has 2 heterocycles. The molecule has 4 rings (SSSR count). The van der Waals surface area contributed by atoms with Gasteiger partial charge in [-0.15, -0.1) is 0 Å². The molecule has 0 aliphatic carbocycles. The Hall–Kier alpha value is -3.01. The fourth-order valence-electron chi connectivity index (χ4n) is 2.51. The van der Waals surface area contributed by atoms with Gasteiger partial charge in [0, 0.05) is 22.7 Å². The minimum atomic E-state index is 0.0136. The number of hydrogen-bond donors (Lipinski definition) is 1. The second-order valence-electron chi connectivity index (χ2n) is 5.08. The Morgan fingerprint density at radius 2 is 1.82 bits per heavy atom. The van der Waals surface area contributed by atoms with E-state index in [0.717, 1.165) is 28.3 Å². The van der Waals surface area contributed by atoms with Crippen LogP contribution in [-0.2, 0) is 0 Å². The Morgan fingerprint density at radius 1 is 0.955 bits per heavy atom. The first-order chi connectivity index (χ1) is 10.8. The third kappa shape index (κ3) is 2.24. The summed E-state index contributed by atoms with van der Waals surface area (Å²) in [7, 11) is 0. The average molecular weight is 291 g/mol. The quantitative estimate of drug-likeness (QED) is 0.787. The number of H-pyrrole nitrogens is 1. The maximum atomic E-state index is 12.1. The molecule has 108 valence electrons. The number of benzene rings is 2. The lowest BCUT2D eigenvalue weighted by Crippen LogP contribution is -2.02. The Kier molecular flexibility index (Phi) is 2.93. The minimum absolute atomic E-state index is 0.0136. The van der Waals surface area contributed by atoms with Crippen LogP contribution >= 0.6 is 0 Å². The van der Waals surface area contributed by atoms with Crippen molar-refractivity contribution in [3.63, 3.8) is 0 Å². The van der Waals surface area contributed by atoms with Crippen molar-refractivity contribution >= 4 is 23.1 Å². The smallest absolute Gasteiger partial charge is 0.231 e. The first-order valence-electron chi connectivity index (χ1n) is 6.99. The van der Waals surface area contributed by atoms with Crippen LogP contribution in [0, 0.1) is 0 Å². The topological polar surface area (TPSA) is 51.3 Å². The van der Waals surface area contributed by atoms with Crippen LogP contribution in [0.4, 0.5) is 0 Å². The maximum absolute atomic E-state index is 12.1. The van der Waals surface area contributed by atoms with Crippen LogP contribution in [0.25, 0.3) is 23.1 Å². The molecule has 0 amide bonds. The summed E-state index contributed by atoms with van der Waals surface area (Å²) in [6.07, 6.45) is 3.81. The predicted molar refractivity (Wildman–Crippen MR) is 86.1 cm³/mol. The lowest BCUT2D eigenvalue weighted by molar-refractivity contribution is 0.174. The Morgan fingerprint density at radius 3 is 2.77 bits per heavy atom. The molecule has 0 saturated heterocycles. The van der Waals surface area contributed by atoms with E-state index in [0.29, 0.717) is 5.39 Å². The molecule has 4 heteroatoms. The normalized spacial score (nSPS) is 13.1. The van der Waals surface area contributed by atoms with E-state index in [1.807, 2.05) is 54.6 Å². The number of nitrogens with one attached hydrogen (secondary N) is 1. The van der Waals surface area contributed by atoms with Crippen LogP contribution in [0.1, 0.15) is 11.3 Å².